The lowest BCUT2D eigenvalue weighted by Gasteiger charge is -2.26. The average molecular weight is 396 g/mol. The van der Waals surface area contributed by atoms with E-state index in [0.29, 0.717) is 17.7 Å². The number of anilines is 1. The summed E-state index contributed by atoms with van der Waals surface area (Å²) in [7, 11) is 0. The van der Waals surface area contributed by atoms with Crippen LogP contribution in [0.1, 0.15) is 38.8 Å². The summed E-state index contributed by atoms with van der Waals surface area (Å²) in [4.78, 5) is 27.5. The van der Waals surface area contributed by atoms with Crippen LogP contribution < -0.4 is 10.6 Å². The standard InChI is InChI=1S/C23H29N3O3/c1-3-18-7-4-6-17(2)21(18)25-23(28)20-9-5-8-19(16-20)22(27)24-10-11-26-12-14-29-15-13-26/h4-9,16H,3,10-15H2,1-2H3,(H,24,27)(H,25,28). The van der Waals surface area contributed by atoms with Gasteiger partial charge in [0.05, 0.1) is 13.2 Å². The van der Waals surface area contributed by atoms with Crippen molar-refractivity contribution in [3.63, 3.8) is 0 Å². The summed E-state index contributed by atoms with van der Waals surface area (Å²) in [5.41, 5.74) is 3.92. The third-order valence-corrected chi connectivity index (χ3v) is 5.18. The molecule has 1 aliphatic rings. The molecule has 0 bridgehead atoms. The van der Waals surface area contributed by atoms with Crippen LogP contribution in [0, 0.1) is 6.92 Å². The van der Waals surface area contributed by atoms with Gasteiger partial charge >= 0.3 is 0 Å². The topological polar surface area (TPSA) is 70.7 Å². The lowest BCUT2D eigenvalue weighted by atomic mass is 10.0. The predicted molar refractivity (Wildman–Crippen MR) is 115 cm³/mol. The number of amides is 2. The summed E-state index contributed by atoms with van der Waals surface area (Å²) >= 11 is 0. The molecule has 6 heteroatoms. The zero-order valence-corrected chi connectivity index (χ0v) is 17.2. The van der Waals surface area contributed by atoms with Crippen LogP contribution >= 0.6 is 0 Å². The van der Waals surface area contributed by atoms with Crippen molar-refractivity contribution in [2.45, 2.75) is 20.3 Å². The number of carbonyl (C=O) groups excluding carboxylic acids is 2. The van der Waals surface area contributed by atoms with E-state index in [1.165, 1.54) is 0 Å². The Morgan fingerprint density at radius 3 is 2.45 bits per heavy atom. The Morgan fingerprint density at radius 1 is 1.03 bits per heavy atom. The first-order valence-electron chi connectivity index (χ1n) is 10.2. The van der Waals surface area contributed by atoms with Crippen LogP contribution in [0.4, 0.5) is 5.69 Å². The summed E-state index contributed by atoms with van der Waals surface area (Å²) in [5.74, 6) is -0.380. The summed E-state index contributed by atoms with van der Waals surface area (Å²) in [6.07, 6.45) is 0.836. The van der Waals surface area contributed by atoms with Gasteiger partial charge in [0.1, 0.15) is 0 Å². The van der Waals surface area contributed by atoms with Crippen molar-refractivity contribution in [2.24, 2.45) is 0 Å². The van der Waals surface area contributed by atoms with E-state index in [0.717, 1.165) is 56.1 Å². The Balaban J connectivity index is 1.61. The van der Waals surface area contributed by atoms with Crippen molar-refractivity contribution in [2.75, 3.05) is 44.7 Å². The maximum atomic E-state index is 12.8. The summed E-state index contributed by atoms with van der Waals surface area (Å²) in [6.45, 7) is 8.67. The minimum atomic E-state index is -0.211. The molecule has 0 aromatic heterocycles. The molecule has 29 heavy (non-hydrogen) atoms. The minimum absolute atomic E-state index is 0.168. The Bertz CT molecular complexity index is 860. The number of hydrogen-bond acceptors (Lipinski definition) is 4. The van der Waals surface area contributed by atoms with Crippen molar-refractivity contribution >= 4 is 17.5 Å². The Hall–Kier alpha value is -2.70. The van der Waals surface area contributed by atoms with E-state index in [-0.39, 0.29) is 11.8 Å². The molecule has 1 fully saturated rings. The molecule has 0 spiro atoms. The highest BCUT2D eigenvalue weighted by Gasteiger charge is 2.14. The molecule has 0 aliphatic carbocycles. The van der Waals surface area contributed by atoms with E-state index in [2.05, 4.69) is 22.5 Å². The van der Waals surface area contributed by atoms with E-state index >= 15 is 0 Å². The van der Waals surface area contributed by atoms with Gasteiger partial charge in [0.25, 0.3) is 11.8 Å². The highest BCUT2D eigenvalue weighted by Crippen LogP contribution is 2.22. The fraction of sp³-hybridized carbons (Fsp3) is 0.391. The smallest absolute Gasteiger partial charge is 0.255 e. The fourth-order valence-corrected chi connectivity index (χ4v) is 3.44. The molecule has 0 radical (unpaired) electrons. The van der Waals surface area contributed by atoms with Crippen LogP contribution in [0.5, 0.6) is 0 Å². The van der Waals surface area contributed by atoms with Gasteiger partial charge in [-0.3, -0.25) is 14.5 Å². The van der Waals surface area contributed by atoms with Gasteiger partial charge in [-0.1, -0.05) is 31.2 Å². The van der Waals surface area contributed by atoms with Gasteiger partial charge in [0.2, 0.25) is 0 Å². The quantitative estimate of drug-likeness (QED) is 0.756. The lowest BCUT2D eigenvalue weighted by Crippen LogP contribution is -2.41. The second kappa shape index (κ2) is 10.2. The zero-order chi connectivity index (χ0) is 20.6. The minimum Gasteiger partial charge on any atom is -0.379 e. The SMILES string of the molecule is CCc1cccc(C)c1NC(=O)c1cccc(C(=O)NCCN2CCOCC2)c1. The summed E-state index contributed by atoms with van der Waals surface area (Å²) < 4.78 is 5.33. The third-order valence-electron chi connectivity index (χ3n) is 5.18. The van der Waals surface area contributed by atoms with Crippen LogP contribution in [-0.4, -0.2) is 56.1 Å². The summed E-state index contributed by atoms with van der Waals surface area (Å²) in [6, 6.07) is 12.8. The number of aryl methyl sites for hydroxylation is 2. The van der Waals surface area contributed by atoms with Gasteiger partial charge < -0.3 is 15.4 Å². The number of rotatable bonds is 7. The number of ether oxygens (including phenoxy) is 1. The molecule has 2 aromatic carbocycles. The van der Waals surface area contributed by atoms with E-state index in [4.69, 9.17) is 4.74 Å². The van der Waals surface area contributed by atoms with Crippen LogP contribution in [0.15, 0.2) is 42.5 Å². The molecule has 3 rings (SSSR count). The third kappa shape index (κ3) is 5.65. The molecule has 0 unspecified atom stereocenters. The van der Waals surface area contributed by atoms with Gasteiger partial charge in [-0.15, -0.1) is 0 Å². The van der Waals surface area contributed by atoms with Gasteiger partial charge in [0.15, 0.2) is 0 Å². The van der Waals surface area contributed by atoms with E-state index in [9.17, 15) is 9.59 Å². The van der Waals surface area contributed by atoms with Gasteiger partial charge in [-0.25, -0.2) is 0 Å². The number of hydrogen-bond donors (Lipinski definition) is 2. The lowest BCUT2D eigenvalue weighted by molar-refractivity contribution is 0.0383. The molecule has 0 atom stereocenters. The van der Waals surface area contributed by atoms with Crippen molar-refractivity contribution in [3.8, 4) is 0 Å². The summed E-state index contributed by atoms with van der Waals surface area (Å²) in [5, 5.41) is 5.95. The highest BCUT2D eigenvalue weighted by molar-refractivity contribution is 6.06. The molecule has 6 nitrogen and oxygen atoms in total. The van der Waals surface area contributed by atoms with E-state index in [1.54, 1.807) is 24.3 Å². The molecule has 2 N–H and O–H groups in total. The molecular formula is C23H29N3O3. The number of para-hydroxylation sites is 1. The Morgan fingerprint density at radius 2 is 1.72 bits per heavy atom. The first kappa shape index (κ1) is 21.0. The molecule has 2 aromatic rings. The second-order valence-corrected chi connectivity index (χ2v) is 7.21. The van der Waals surface area contributed by atoms with Gasteiger partial charge in [-0.05, 0) is 42.7 Å². The van der Waals surface area contributed by atoms with Crippen molar-refractivity contribution in [3.05, 3.63) is 64.7 Å². The average Bonchev–Trinajstić information content (AvgIpc) is 2.75. The monoisotopic (exact) mass is 395 g/mol. The number of nitrogens with zero attached hydrogens (tertiary/aromatic N) is 1. The van der Waals surface area contributed by atoms with Gasteiger partial charge in [0, 0.05) is 43.0 Å². The maximum absolute atomic E-state index is 12.8. The molecule has 1 aliphatic heterocycles. The largest absolute Gasteiger partial charge is 0.379 e. The number of nitrogens with one attached hydrogen (secondary N) is 2. The zero-order valence-electron chi connectivity index (χ0n) is 17.2. The molecular weight excluding hydrogens is 366 g/mol. The maximum Gasteiger partial charge on any atom is 0.255 e. The first-order valence-corrected chi connectivity index (χ1v) is 10.2. The molecule has 154 valence electrons. The second-order valence-electron chi connectivity index (χ2n) is 7.21. The Labute approximate surface area is 172 Å². The van der Waals surface area contributed by atoms with Gasteiger partial charge in [-0.2, -0.15) is 0 Å². The van der Waals surface area contributed by atoms with Crippen LogP contribution in [0.2, 0.25) is 0 Å². The Kier molecular flexibility index (Phi) is 7.38. The molecule has 1 heterocycles. The molecule has 0 saturated carbocycles. The number of benzene rings is 2. The fourth-order valence-electron chi connectivity index (χ4n) is 3.44. The van der Waals surface area contributed by atoms with Crippen molar-refractivity contribution in [1.82, 2.24) is 10.2 Å². The predicted octanol–water partition coefficient (Wildman–Crippen LogP) is 2.87. The highest BCUT2D eigenvalue weighted by atomic mass is 16.5. The molecule has 2 amide bonds. The van der Waals surface area contributed by atoms with Crippen molar-refractivity contribution in [1.29, 1.82) is 0 Å². The number of morpholine rings is 1. The van der Waals surface area contributed by atoms with Crippen LogP contribution in [0.3, 0.4) is 0 Å². The van der Waals surface area contributed by atoms with Crippen LogP contribution in [0.25, 0.3) is 0 Å². The van der Waals surface area contributed by atoms with E-state index in [1.807, 2.05) is 25.1 Å². The van der Waals surface area contributed by atoms with E-state index < -0.39 is 0 Å². The number of carbonyl (C=O) groups is 2. The van der Waals surface area contributed by atoms with Crippen LogP contribution in [-0.2, 0) is 11.2 Å². The van der Waals surface area contributed by atoms with Crippen molar-refractivity contribution < 1.29 is 14.3 Å². The first-order chi connectivity index (χ1) is 14.1. The normalized spacial score (nSPS) is 14.4. The molecule has 1 saturated heterocycles.